The van der Waals surface area contributed by atoms with Gasteiger partial charge in [0.05, 0.1) is 0 Å². The van der Waals surface area contributed by atoms with Crippen molar-refractivity contribution in [1.82, 2.24) is 10.2 Å². The van der Waals surface area contributed by atoms with Gasteiger partial charge in [-0.3, -0.25) is 9.69 Å². The van der Waals surface area contributed by atoms with Crippen molar-refractivity contribution in [1.29, 1.82) is 0 Å². The van der Waals surface area contributed by atoms with Gasteiger partial charge in [0.2, 0.25) is 5.91 Å². The zero-order valence-corrected chi connectivity index (χ0v) is 16.1. The minimum atomic E-state index is 0.195. The van der Waals surface area contributed by atoms with Crippen LogP contribution < -0.4 is 5.32 Å². The number of benzene rings is 2. The highest BCUT2D eigenvalue weighted by atomic mass is 16.1. The van der Waals surface area contributed by atoms with Gasteiger partial charge in [-0.2, -0.15) is 0 Å². The zero-order valence-electron chi connectivity index (χ0n) is 16.1. The average Bonchev–Trinajstić information content (AvgIpc) is 2.73. The number of amides is 1. The molecular formula is C24H30N2O. The number of likely N-dealkylation sites (tertiary alicyclic amines) is 1. The summed E-state index contributed by atoms with van der Waals surface area (Å²) in [4.78, 5) is 15.0. The summed E-state index contributed by atoms with van der Waals surface area (Å²) in [6.07, 6.45) is 7.32. The van der Waals surface area contributed by atoms with Crippen molar-refractivity contribution in [2.24, 2.45) is 0 Å². The van der Waals surface area contributed by atoms with Gasteiger partial charge in [0.25, 0.3) is 0 Å². The van der Waals surface area contributed by atoms with E-state index in [9.17, 15) is 4.79 Å². The van der Waals surface area contributed by atoms with Crippen LogP contribution in [0.3, 0.4) is 0 Å². The second kappa shape index (κ2) is 8.71. The molecule has 3 nitrogen and oxygen atoms in total. The zero-order chi connectivity index (χ0) is 18.5. The molecule has 1 atom stereocenters. The van der Waals surface area contributed by atoms with Crippen molar-refractivity contribution in [2.45, 2.75) is 57.0 Å². The summed E-state index contributed by atoms with van der Waals surface area (Å²) in [5.41, 5.74) is 4.30. The summed E-state index contributed by atoms with van der Waals surface area (Å²) in [7, 11) is 0. The number of hydrogen-bond donors (Lipinski definition) is 1. The van der Waals surface area contributed by atoms with E-state index >= 15 is 0 Å². The van der Waals surface area contributed by atoms with Crippen LogP contribution in [0.1, 0.15) is 54.8 Å². The van der Waals surface area contributed by atoms with E-state index in [0.717, 1.165) is 32.4 Å². The van der Waals surface area contributed by atoms with Crippen LogP contribution >= 0.6 is 0 Å². The third-order valence-electron chi connectivity index (χ3n) is 6.16. The Bertz CT molecular complexity index is 750. The Morgan fingerprint density at radius 3 is 2.52 bits per heavy atom. The van der Waals surface area contributed by atoms with Gasteiger partial charge < -0.3 is 5.32 Å². The summed E-state index contributed by atoms with van der Waals surface area (Å²) in [5, 5.41) is 3.27. The number of hydrogen-bond acceptors (Lipinski definition) is 2. The van der Waals surface area contributed by atoms with Gasteiger partial charge >= 0.3 is 0 Å². The normalized spacial score (nSPS) is 20.8. The van der Waals surface area contributed by atoms with Crippen molar-refractivity contribution < 1.29 is 4.79 Å². The smallest absolute Gasteiger partial charge is 0.220 e. The molecule has 3 heteroatoms. The third-order valence-corrected chi connectivity index (χ3v) is 6.16. The summed E-state index contributed by atoms with van der Waals surface area (Å²) >= 11 is 0. The lowest BCUT2D eigenvalue weighted by atomic mass is 9.86. The molecule has 1 N–H and O–H groups in total. The van der Waals surface area contributed by atoms with E-state index in [1.54, 1.807) is 0 Å². The van der Waals surface area contributed by atoms with Crippen LogP contribution in [0.15, 0.2) is 54.6 Å². The molecule has 1 fully saturated rings. The molecule has 0 radical (unpaired) electrons. The quantitative estimate of drug-likeness (QED) is 0.861. The minimum Gasteiger partial charge on any atom is -0.353 e. The lowest BCUT2D eigenvalue weighted by Crippen LogP contribution is -2.46. The van der Waals surface area contributed by atoms with Crippen molar-refractivity contribution in [3.8, 4) is 0 Å². The molecule has 1 saturated heterocycles. The van der Waals surface area contributed by atoms with E-state index in [4.69, 9.17) is 0 Å². The molecule has 2 aliphatic rings. The third kappa shape index (κ3) is 4.59. The van der Waals surface area contributed by atoms with Gasteiger partial charge in [-0.25, -0.2) is 0 Å². The molecule has 0 bridgehead atoms. The van der Waals surface area contributed by atoms with Gasteiger partial charge in [0, 0.05) is 31.6 Å². The first kappa shape index (κ1) is 18.2. The fourth-order valence-electron chi connectivity index (χ4n) is 4.67. The molecule has 27 heavy (non-hydrogen) atoms. The molecule has 1 aliphatic heterocycles. The molecule has 1 unspecified atom stereocenters. The summed E-state index contributed by atoms with van der Waals surface area (Å²) < 4.78 is 0. The largest absolute Gasteiger partial charge is 0.353 e. The van der Waals surface area contributed by atoms with E-state index < -0.39 is 0 Å². The molecule has 2 aromatic rings. The summed E-state index contributed by atoms with van der Waals surface area (Å²) in [6.45, 7) is 2.17. The molecule has 4 rings (SSSR count). The predicted octanol–water partition coefficient (Wildman–Crippen LogP) is 4.28. The van der Waals surface area contributed by atoms with E-state index in [-0.39, 0.29) is 5.91 Å². The monoisotopic (exact) mass is 362 g/mol. The maximum atomic E-state index is 12.3. The van der Waals surface area contributed by atoms with Crippen LogP contribution in [0.25, 0.3) is 0 Å². The Kier molecular flexibility index (Phi) is 5.88. The van der Waals surface area contributed by atoms with Crippen molar-refractivity contribution in [2.75, 3.05) is 13.1 Å². The highest BCUT2D eigenvalue weighted by Crippen LogP contribution is 2.35. The van der Waals surface area contributed by atoms with Crippen LogP contribution in [0.5, 0.6) is 0 Å². The number of rotatable bonds is 5. The molecule has 2 aromatic carbocycles. The van der Waals surface area contributed by atoms with Gasteiger partial charge in [0.1, 0.15) is 0 Å². The molecule has 1 amide bonds. The number of carbonyl (C=O) groups excluding carboxylic acids is 1. The average molecular weight is 363 g/mol. The lowest BCUT2D eigenvalue weighted by molar-refractivity contribution is -0.122. The first-order valence-corrected chi connectivity index (χ1v) is 10.4. The number of nitrogens with one attached hydrogen (secondary N) is 1. The van der Waals surface area contributed by atoms with E-state index in [1.807, 2.05) is 18.2 Å². The van der Waals surface area contributed by atoms with Crippen LogP contribution in [-0.2, 0) is 17.6 Å². The molecule has 142 valence electrons. The SMILES string of the molecule is O=C(CCc1ccccc1)NC1CCN(C2CCCc3ccccc32)CC1. The summed E-state index contributed by atoms with van der Waals surface area (Å²) in [5.74, 6) is 0.195. The lowest BCUT2D eigenvalue weighted by Gasteiger charge is -2.40. The second-order valence-corrected chi connectivity index (χ2v) is 7.97. The maximum Gasteiger partial charge on any atom is 0.220 e. The van der Waals surface area contributed by atoms with Gasteiger partial charge in [-0.1, -0.05) is 54.6 Å². The second-order valence-electron chi connectivity index (χ2n) is 7.97. The molecular weight excluding hydrogens is 332 g/mol. The van der Waals surface area contributed by atoms with Crippen molar-refractivity contribution in [3.63, 3.8) is 0 Å². The molecule has 0 aromatic heterocycles. The fourth-order valence-corrected chi connectivity index (χ4v) is 4.67. The van der Waals surface area contributed by atoms with Gasteiger partial charge in [-0.05, 0) is 55.2 Å². The standard InChI is InChI=1S/C24H30N2O/c27-24(14-13-19-7-2-1-3-8-19)25-21-15-17-26(18-16-21)23-12-6-10-20-9-4-5-11-22(20)23/h1-5,7-9,11,21,23H,6,10,12-18H2,(H,25,27). The Balaban J connectivity index is 1.25. The van der Waals surface area contributed by atoms with Gasteiger partial charge in [-0.15, -0.1) is 0 Å². The number of fused-ring (bicyclic) bond motifs is 1. The van der Waals surface area contributed by atoms with Crippen molar-refractivity contribution in [3.05, 3.63) is 71.3 Å². The predicted molar refractivity (Wildman–Crippen MR) is 110 cm³/mol. The Morgan fingerprint density at radius 1 is 0.963 bits per heavy atom. The Hall–Kier alpha value is -2.13. The summed E-state index contributed by atoms with van der Waals surface area (Å²) in [6, 6.07) is 20.1. The van der Waals surface area contributed by atoms with Gasteiger partial charge in [0.15, 0.2) is 0 Å². The molecule has 1 aliphatic carbocycles. The topological polar surface area (TPSA) is 32.3 Å². The van der Waals surface area contributed by atoms with E-state index in [0.29, 0.717) is 18.5 Å². The van der Waals surface area contributed by atoms with E-state index in [1.165, 1.54) is 36.0 Å². The van der Waals surface area contributed by atoms with Crippen LogP contribution in [0.4, 0.5) is 0 Å². The number of carbonyl (C=O) groups is 1. The number of piperidine rings is 1. The molecule has 1 heterocycles. The first-order chi connectivity index (χ1) is 13.3. The fraction of sp³-hybridized carbons (Fsp3) is 0.458. The van der Waals surface area contributed by atoms with Crippen LogP contribution in [-0.4, -0.2) is 29.9 Å². The Morgan fingerprint density at radius 2 is 1.70 bits per heavy atom. The molecule has 0 saturated carbocycles. The Labute approximate surface area is 162 Å². The number of nitrogens with zero attached hydrogens (tertiary/aromatic N) is 1. The molecule has 0 spiro atoms. The van der Waals surface area contributed by atoms with E-state index in [2.05, 4.69) is 46.6 Å². The van der Waals surface area contributed by atoms with Crippen molar-refractivity contribution >= 4 is 5.91 Å². The van der Waals surface area contributed by atoms with Crippen LogP contribution in [0, 0.1) is 0 Å². The highest BCUT2D eigenvalue weighted by Gasteiger charge is 2.29. The number of aryl methyl sites for hydroxylation is 2. The minimum absolute atomic E-state index is 0.195. The van der Waals surface area contributed by atoms with Crippen LogP contribution in [0.2, 0.25) is 0 Å². The first-order valence-electron chi connectivity index (χ1n) is 10.4. The highest BCUT2D eigenvalue weighted by molar-refractivity contribution is 5.76. The maximum absolute atomic E-state index is 12.3.